The molecule has 0 saturated carbocycles. The van der Waals surface area contributed by atoms with Crippen LogP contribution in [0, 0.1) is 0 Å². The predicted octanol–water partition coefficient (Wildman–Crippen LogP) is 15.4. The summed E-state index contributed by atoms with van der Waals surface area (Å²) in [6.45, 7) is 13.6. The Kier molecular flexibility index (Phi) is 9.26. The molecule has 4 nitrogen and oxygen atoms in total. The van der Waals surface area contributed by atoms with Crippen LogP contribution in [0.1, 0.15) is 52.7 Å². The first kappa shape index (κ1) is 38.4. The van der Waals surface area contributed by atoms with Crippen LogP contribution >= 0.6 is 11.3 Å². The summed E-state index contributed by atoms with van der Waals surface area (Å²) in [6.07, 6.45) is 1.92. The summed E-state index contributed by atoms with van der Waals surface area (Å²) in [5.74, 6) is 0.202. The van der Waals surface area contributed by atoms with Gasteiger partial charge < -0.3 is 9.67 Å². The number of benzene rings is 6. The Labute approximate surface area is 361 Å². The van der Waals surface area contributed by atoms with E-state index in [9.17, 15) is 5.11 Å². The molecule has 0 amide bonds. The van der Waals surface area contributed by atoms with Gasteiger partial charge in [-0.1, -0.05) is 139 Å². The highest BCUT2D eigenvalue weighted by Gasteiger charge is 2.23. The zero-order chi connectivity index (χ0) is 42.0. The fourth-order valence-electron chi connectivity index (χ4n) is 8.60. The van der Waals surface area contributed by atoms with Crippen molar-refractivity contribution in [2.75, 3.05) is 0 Å². The SMILES string of the molecule is CC(C)(C)c1cc(-c2cc(-c3cccc(-c4cc(-c5cccc6c7ccccc7n(-c7cccc8cscc78)c56)ccn4)c3)nc(-c3ccccc3O)c2)cc(C(C)(C)C)c1. The van der Waals surface area contributed by atoms with Gasteiger partial charge in [-0.25, -0.2) is 4.98 Å². The fraction of sp³-hybridized carbons (Fsp3) is 0.143. The predicted molar refractivity (Wildman–Crippen MR) is 258 cm³/mol. The molecule has 6 aromatic carbocycles. The molecule has 4 heterocycles. The van der Waals surface area contributed by atoms with Crippen molar-refractivity contribution >= 4 is 43.9 Å². The third-order valence-corrected chi connectivity index (χ3v) is 12.7. The molecule has 10 aromatic rings. The first-order chi connectivity index (χ1) is 29.4. The molecular formula is C56H47N3OS. The molecule has 0 fully saturated rings. The largest absolute Gasteiger partial charge is 0.507 e. The Morgan fingerprint density at radius 3 is 1.92 bits per heavy atom. The van der Waals surface area contributed by atoms with Crippen LogP contribution in [0.4, 0.5) is 0 Å². The van der Waals surface area contributed by atoms with Crippen LogP contribution in [0.3, 0.4) is 0 Å². The van der Waals surface area contributed by atoms with Crippen LogP contribution < -0.4 is 0 Å². The van der Waals surface area contributed by atoms with Gasteiger partial charge in [0.2, 0.25) is 0 Å². The van der Waals surface area contributed by atoms with E-state index in [1.807, 2.05) is 24.4 Å². The molecule has 0 aliphatic carbocycles. The lowest BCUT2D eigenvalue weighted by Crippen LogP contribution is -2.16. The monoisotopic (exact) mass is 809 g/mol. The molecule has 0 aliphatic heterocycles. The minimum atomic E-state index is -0.0393. The molecule has 61 heavy (non-hydrogen) atoms. The number of fused-ring (bicyclic) bond motifs is 4. The van der Waals surface area contributed by atoms with Crippen molar-refractivity contribution in [2.24, 2.45) is 0 Å². The quantitative estimate of drug-likeness (QED) is 0.182. The van der Waals surface area contributed by atoms with Gasteiger partial charge in [0.05, 0.1) is 33.8 Å². The Morgan fingerprint density at radius 1 is 0.492 bits per heavy atom. The van der Waals surface area contributed by atoms with Crippen LogP contribution in [0.2, 0.25) is 0 Å². The molecule has 0 aliphatic rings. The number of para-hydroxylation sites is 3. The van der Waals surface area contributed by atoms with Gasteiger partial charge in [-0.2, -0.15) is 11.3 Å². The molecule has 4 aromatic heterocycles. The van der Waals surface area contributed by atoms with E-state index < -0.39 is 0 Å². The summed E-state index contributed by atoms with van der Waals surface area (Å²) in [5.41, 5.74) is 15.5. The van der Waals surface area contributed by atoms with Crippen LogP contribution in [0.15, 0.2) is 169 Å². The van der Waals surface area contributed by atoms with Crippen LogP contribution in [-0.4, -0.2) is 19.6 Å². The standard InChI is InChI=1S/C56H47N3OS/c1-55(2,3)41-27-39(28-42(32-41)56(4,5)6)40-30-49(58-50(31-40)46-18-8-10-23-53(46)60)37-15-11-14-36(26-37)48-29-35(24-25-57-48)43-19-13-20-45-44-17-7-9-21-51(44)59(54(43)45)52-22-12-16-38-33-61-34-47(38)52/h7-34,60H,1-6H3. The van der Waals surface area contributed by atoms with Crippen molar-refractivity contribution in [3.05, 3.63) is 180 Å². The number of rotatable bonds is 6. The molecule has 298 valence electrons. The first-order valence-corrected chi connectivity index (χ1v) is 21.9. The summed E-state index contributed by atoms with van der Waals surface area (Å²) < 4.78 is 2.44. The van der Waals surface area contributed by atoms with Crippen molar-refractivity contribution in [3.8, 4) is 67.5 Å². The number of aromatic hydroxyl groups is 1. The van der Waals surface area contributed by atoms with E-state index >= 15 is 0 Å². The van der Waals surface area contributed by atoms with Crippen molar-refractivity contribution in [3.63, 3.8) is 0 Å². The second-order valence-corrected chi connectivity index (χ2v) is 18.9. The van der Waals surface area contributed by atoms with Gasteiger partial charge in [-0.3, -0.25) is 4.98 Å². The van der Waals surface area contributed by atoms with E-state index in [4.69, 9.17) is 9.97 Å². The third kappa shape index (κ3) is 6.99. The third-order valence-electron chi connectivity index (χ3n) is 12.0. The molecule has 0 bridgehead atoms. The maximum absolute atomic E-state index is 11.1. The topological polar surface area (TPSA) is 50.9 Å². The van der Waals surface area contributed by atoms with E-state index in [0.29, 0.717) is 5.56 Å². The lowest BCUT2D eigenvalue weighted by Gasteiger charge is -2.26. The maximum atomic E-state index is 11.1. The molecular weight excluding hydrogens is 763 g/mol. The molecule has 10 rings (SSSR count). The fourth-order valence-corrected chi connectivity index (χ4v) is 9.41. The Bertz CT molecular complexity index is 3270. The van der Waals surface area contributed by atoms with E-state index in [1.165, 1.54) is 49.4 Å². The van der Waals surface area contributed by atoms with Crippen LogP contribution in [-0.2, 0) is 10.8 Å². The van der Waals surface area contributed by atoms with Crippen molar-refractivity contribution in [2.45, 2.75) is 52.4 Å². The molecule has 0 spiro atoms. The highest BCUT2D eigenvalue weighted by atomic mass is 32.1. The van der Waals surface area contributed by atoms with Crippen LogP contribution in [0.25, 0.3) is 94.3 Å². The van der Waals surface area contributed by atoms with Gasteiger partial charge in [-0.15, -0.1) is 0 Å². The summed E-state index contributed by atoms with van der Waals surface area (Å²) in [6, 6.07) is 53.5. The Hall–Kier alpha value is -6.82. The smallest absolute Gasteiger partial charge is 0.124 e. The van der Waals surface area contributed by atoms with Gasteiger partial charge in [0.1, 0.15) is 5.75 Å². The number of nitrogens with zero attached hydrogens (tertiary/aromatic N) is 3. The van der Waals surface area contributed by atoms with E-state index in [0.717, 1.165) is 50.5 Å². The summed E-state index contributed by atoms with van der Waals surface area (Å²) in [5, 5.41) is 20.5. The highest BCUT2D eigenvalue weighted by molar-refractivity contribution is 7.09. The highest BCUT2D eigenvalue weighted by Crippen LogP contribution is 2.42. The number of thiophene rings is 1. The Balaban J connectivity index is 1.12. The van der Waals surface area contributed by atoms with Crippen molar-refractivity contribution < 1.29 is 5.11 Å². The molecule has 1 N–H and O–H groups in total. The second kappa shape index (κ2) is 14.7. The van der Waals surface area contributed by atoms with Crippen molar-refractivity contribution in [1.29, 1.82) is 0 Å². The van der Waals surface area contributed by atoms with E-state index in [-0.39, 0.29) is 16.6 Å². The zero-order valence-electron chi connectivity index (χ0n) is 35.4. The first-order valence-electron chi connectivity index (χ1n) is 20.9. The minimum Gasteiger partial charge on any atom is -0.507 e. The lowest BCUT2D eigenvalue weighted by atomic mass is 9.79. The van der Waals surface area contributed by atoms with Gasteiger partial charge in [0.15, 0.2) is 0 Å². The number of hydrogen-bond donors (Lipinski definition) is 1. The van der Waals surface area contributed by atoms with Gasteiger partial charge >= 0.3 is 0 Å². The normalized spacial score (nSPS) is 12.2. The van der Waals surface area contributed by atoms with Gasteiger partial charge in [-0.05, 0) is 104 Å². The minimum absolute atomic E-state index is 0.0393. The average molecular weight is 810 g/mol. The molecule has 0 atom stereocenters. The van der Waals surface area contributed by atoms with Crippen molar-refractivity contribution in [1.82, 2.24) is 14.5 Å². The van der Waals surface area contributed by atoms with Gasteiger partial charge in [0, 0.05) is 50.0 Å². The summed E-state index contributed by atoms with van der Waals surface area (Å²) in [4.78, 5) is 10.2. The lowest BCUT2D eigenvalue weighted by molar-refractivity contribution is 0.477. The number of pyridine rings is 2. The second-order valence-electron chi connectivity index (χ2n) is 18.2. The summed E-state index contributed by atoms with van der Waals surface area (Å²) >= 11 is 1.74. The number of aromatic nitrogens is 3. The van der Waals surface area contributed by atoms with E-state index in [1.54, 1.807) is 17.4 Å². The molecule has 5 heteroatoms. The average Bonchev–Trinajstić information content (AvgIpc) is 3.89. The molecule has 0 unspecified atom stereocenters. The molecule has 0 saturated heterocycles. The van der Waals surface area contributed by atoms with Gasteiger partial charge in [0.25, 0.3) is 0 Å². The molecule has 0 radical (unpaired) electrons. The zero-order valence-corrected chi connectivity index (χ0v) is 36.2. The number of phenols is 1. The van der Waals surface area contributed by atoms with E-state index in [2.05, 4.69) is 184 Å². The number of phenolic OH excluding ortho intramolecular Hbond substituents is 1. The number of hydrogen-bond acceptors (Lipinski definition) is 4. The summed E-state index contributed by atoms with van der Waals surface area (Å²) in [7, 11) is 0. The van der Waals surface area contributed by atoms with Crippen LogP contribution in [0.5, 0.6) is 5.75 Å². The Morgan fingerprint density at radius 2 is 1.13 bits per heavy atom. The maximum Gasteiger partial charge on any atom is 0.124 e.